The molecule has 11 aromatic rings. The van der Waals surface area contributed by atoms with Crippen LogP contribution < -0.4 is 46.9 Å². The molecule has 0 aliphatic carbocycles. The van der Waals surface area contributed by atoms with Gasteiger partial charge < -0.3 is 14.4 Å². The van der Waals surface area contributed by atoms with Gasteiger partial charge in [-0.25, -0.2) is 0 Å². The lowest BCUT2D eigenvalue weighted by molar-refractivity contribution is 1.16. The van der Waals surface area contributed by atoms with Crippen LogP contribution in [0.1, 0.15) is 0 Å². The first kappa shape index (κ1) is 36.4. The average Bonchev–Trinajstić information content (AvgIpc) is 3.87. The molecule has 0 saturated heterocycles. The summed E-state index contributed by atoms with van der Waals surface area (Å²) in [4.78, 5) is 5.10. The number of hydrogen-bond donors (Lipinski definition) is 0. The molecule has 65 heavy (non-hydrogen) atoms. The molecular formula is C60H40BN3Si. The fourth-order valence-corrected chi connectivity index (χ4v) is 17.1. The monoisotopic (exact) mass is 841 g/mol. The molecule has 1 aromatic heterocycles. The van der Waals surface area contributed by atoms with Gasteiger partial charge in [0, 0.05) is 44.9 Å². The van der Waals surface area contributed by atoms with Gasteiger partial charge in [-0.2, -0.15) is 0 Å². The van der Waals surface area contributed by atoms with Crippen LogP contribution in [0.15, 0.2) is 243 Å². The molecule has 4 heterocycles. The highest BCUT2D eigenvalue weighted by molar-refractivity contribution is 7.22. The third-order valence-corrected chi connectivity index (χ3v) is 19.3. The predicted molar refractivity (Wildman–Crippen MR) is 277 cm³/mol. The van der Waals surface area contributed by atoms with Gasteiger partial charge in [-0.1, -0.05) is 182 Å². The molecular weight excluding hydrogens is 802 g/mol. The van der Waals surface area contributed by atoms with Gasteiger partial charge in [-0.3, -0.25) is 0 Å². The normalized spacial score (nSPS) is 13.9. The van der Waals surface area contributed by atoms with Gasteiger partial charge in [0.05, 0.1) is 16.7 Å². The molecule has 0 fully saturated rings. The molecule has 10 aromatic carbocycles. The highest BCUT2D eigenvalue weighted by atomic mass is 28.3. The fraction of sp³-hybridized carbons (Fsp3) is 0. The minimum atomic E-state index is -2.78. The van der Waals surface area contributed by atoms with Crippen LogP contribution in [0.5, 0.6) is 0 Å². The van der Waals surface area contributed by atoms with Gasteiger partial charge in [-0.05, 0) is 109 Å². The Morgan fingerprint density at radius 1 is 0.323 bits per heavy atom. The quantitative estimate of drug-likeness (QED) is 0.160. The fourth-order valence-electron chi connectivity index (χ4n) is 11.9. The Balaban J connectivity index is 1.11. The maximum Gasteiger partial charge on any atom is 0.252 e. The van der Waals surface area contributed by atoms with E-state index in [1.165, 1.54) is 92.8 Å². The summed E-state index contributed by atoms with van der Waals surface area (Å²) in [6.07, 6.45) is 0. The average molecular weight is 842 g/mol. The first-order valence-corrected chi connectivity index (χ1v) is 24.6. The van der Waals surface area contributed by atoms with E-state index in [1.807, 2.05) is 0 Å². The minimum absolute atomic E-state index is 0.0246. The summed E-state index contributed by atoms with van der Waals surface area (Å²) in [6.45, 7) is 0.0246. The number of aromatic nitrogens is 1. The predicted octanol–water partition coefficient (Wildman–Crippen LogP) is 10.2. The second-order valence-corrected chi connectivity index (χ2v) is 21.3. The molecule has 0 atom stereocenters. The summed E-state index contributed by atoms with van der Waals surface area (Å²) in [6, 6.07) is 91.1. The van der Waals surface area contributed by atoms with Crippen LogP contribution in [-0.4, -0.2) is 19.4 Å². The Morgan fingerprint density at radius 3 is 1.42 bits per heavy atom. The van der Waals surface area contributed by atoms with E-state index < -0.39 is 8.07 Å². The lowest BCUT2D eigenvalue weighted by Gasteiger charge is -2.44. The molecule has 0 N–H and O–H groups in total. The van der Waals surface area contributed by atoms with E-state index in [1.54, 1.807) is 0 Å². The molecule has 5 heteroatoms. The number of nitrogens with zero attached hydrogens (tertiary/aromatic N) is 3. The lowest BCUT2D eigenvalue weighted by atomic mass is 9.33. The van der Waals surface area contributed by atoms with E-state index >= 15 is 0 Å². The second kappa shape index (κ2) is 13.9. The highest BCUT2D eigenvalue weighted by Gasteiger charge is 2.49. The van der Waals surface area contributed by atoms with Crippen molar-refractivity contribution in [2.75, 3.05) is 9.80 Å². The molecule has 14 rings (SSSR count). The topological polar surface area (TPSA) is 11.4 Å². The Labute approximate surface area is 379 Å². The molecule has 3 nitrogen and oxygen atoms in total. The maximum atomic E-state index is 2.59. The molecule has 0 saturated carbocycles. The first-order valence-electron chi connectivity index (χ1n) is 22.6. The Kier molecular flexibility index (Phi) is 7.80. The lowest BCUT2D eigenvalue weighted by Crippen LogP contribution is -2.72. The van der Waals surface area contributed by atoms with E-state index in [4.69, 9.17) is 0 Å². The van der Waals surface area contributed by atoms with Crippen molar-refractivity contribution < 1.29 is 0 Å². The molecule has 3 aliphatic heterocycles. The van der Waals surface area contributed by atoms with E-state index in [9.17, 15) is 0 Å². The van der Waals surface area contributed by atoms with Gasteiger partial charge in [0.2, 0.25) is 0 Å². The maximum absolute atomic E-state index is 2.78. The van der Waals surface area contributed by atoms with Crippen molar-refractivity contribution in [2.45, 2.75) is 0 Å². The van der Waals surface area contributed by atoms with E-state index in [2.05, 4.69) is 257 Å². The zero-order chi connectivity index (χ0) is 42.6. The second-order valence-electron chi connectivity index (χ2n) is 17.6. The molecule has 302 valence electrons. The number of benzene rings is 10. The summed E-state index contributed by atoms with van der Waals surface area (Å²) in [5.74, 6) is 0. The first-order chi connectivity index (χ1) is 32.3. The van der Waals surface area contributed by atoms with Crippen molar-refractivity contribution in [3.8, 4) is 16.8 Å². The van der Waals surface area contributed by atoms with Gasteiger partial charge in [0.15, 0.2) is 8.07 Å². The zero-order valence-corrected chi connectivity index (χ0v) is 36.5. The highest BCUT2D eigenvalue weighted by Crippen LogP contribution is 2.46. The third-order valence-electron chi connectivity index (χ3n) is 14.4. The summed E-state index contributed by atoms with van der Waals surface area (Å²) in [5, 5.41) is 8.17. The van der Waals surface area contributed by atoms with Gasteiger partial charge >= 0.3 is 0 Å². The SMILES string of the molecule is c1ccc(N2c3ccccc3B3c4ccccc4N(c4ccc5c(c4)[Si](c4ccccc4)(c4ccccc4)c4ccccc4-5)c4cc(-n5c6ccccc6c6ccccc65)cc2c43)cc1. The van der Waals surface area contributed by atoms with Crippen molar-refractivity contribution in [1.29, 1.82) is 0 Å². The molecule has 0 radical (unpaired) electrons. The van der Waals surface area contributed by atoms with Crippen molar-refractivity contribution in [2.24, 2.45) is 0 Å². The van der Waals surface area contributed by atoms with Crippen molar-refractivity contribution in [1.82, 2.24) is 4.57 Å². The smallest absolute Gasteiger partial charge is 0.252 e. The number of fused-ring (bicyclic) bond motifs is 10. The Morgan fingerprint density at radius 2 is 0.800 bits per heavy atom. The van der Waals surface area contributed by atoms with Crippen molar-refractivity contribution in [3.63, 3.8) is 0 Å². The van der Waals surface area contributed by atoms with E-state index in [0.717, 1.165) is 17.1 Å². The molecule has 0 amide bonds. The van der Waals surface area contributed by atoms with E-state index in [0.29, 0.717) is 0 Å². The third kappa shape index (κ3) is 5.01. The number of hydrogen-bond acceptors (Lipinski definition) is 2. The van der Waals surface area contributed by atoms with Crippen LogP contribution >= 0.6 is 0 Å². The van der Waals surface area contributed by atoms with Crippen molar-refractivity contribution in [3.05, 3.63) is 243 Å². The van der Waals surface area contributed by atoms with Crippen LogP contribution in [0.2, 0.25) is 0 Å². The van der Waals surface area contributed by atoms with Crippen LogP contribution in [0, 0.1) is 0 Å². The van der Waals surface area contributed by atoms with Gasteiger partial charge in [0.1, 0.15) is 0 Å². The minimum Gasteiger partial charge on any atom is -0.311 e. The molecule has 0 unspecified atom stereocenters. The molecule has 0 bridgehead atoms. The summed E-state index contributed by atoms with van der Waals surface area (Å²) in [5.41, 5.74) is 17.2. The summed E-state index contributed by atoms with van der Waals surface area (Å²) in [7, 11) is -2.78. The largest absolute Gasteiger partial charge is 0.311 e. The van der Waals surface area contributed by atoms with Crippen LogP contribution in [-0.2, 0) is 0 Å². The summed E-state index contributed by atoms with van der Waals surface area (Å²) < 4.78 is 2.49. The number of rotatable bonds is 5. The van der Waals surface area contributed by atoms with Crippen LogP contribution in [0.3, 0.4) is 0 Å². The van der Waals surface area contributed by atoms with Crippen LogP contribution in [0.25, 0.3) is 38.6 Å². The van der Waals surface area contributed by atoms with Gasteiger partial charge in [0.25, 0.3) is 6.71 Å². The summed E-state index contributed by atoms with van der Waals surface area (Å²) >= 11 is 0. The number of para-hydroxylation sites is 5. The Bertz CT molecular complexity index is 3600. The van der Waals surface area contributed by atoms with Crippen molar-refractivity contribution >= 4 is 108 Å². The van der Waals surface area contributed by atoms with E-state index in [-0.39, 0.29) is 6.71 Å². The molecule has 0 spiro atoms. The number of anilines is 6. The standard InChI is InChI=1S/C60H40BN3Si/c1-4-20-41(21-5-1)62-54-33-17-13-29-50(54)61-51-30-14-18-34-55(51)63(57-39-43(38-56(62)60(57)61)64-52-31-15-10-26-46(52)47-27-11-16-32-53(47)64)42-36-37-49-48-28-12-19-35-58(48)65(59(49)40-42,44-22-6-2-7-23-44)45-24-8-3-9-25-45/h1-40H. The Hall–Kier alpha value is -8.12. The van der Waals surface area contributed by atoms with Crippen LogP contribution in [0.4, 0.5) is 34.1 Å². The molecule has 3 aliphatic rings. The zero-order valence-electron chi connectivity index (χ0n) is 35.5. The van der Waals surface area contributed by atoms with Gasteiger partial charge in [-0.15, -0.1) is 0 Å².